The van der Waals surface area contributed by atoms with E-state index in [9.17, 15) is 14.4 Å². The molecule has 0 atom stereocenters. The molecule has 3 aromatic carbocycles. The summed E-state index contributed by atoms with van der Waals surface area (Å²) in [5, 5.41) is 6.37. The highest BCUT2D eigenvalue weighted by Crippen LogP contribution is 2.39. The number of hydrogen-bond acceptors (Lipinski definition) is 8. The third-order valence-electron chi connectivity index (χ3n) is 6.87. The molecule has 2 amide bonds. The van der Waals surface area contributed by atoms with Crippen molar-refractivity contribution in [2.45, 2.75) is 13.3 Å². The Balaban J connectivity index is 1.53. The van der Waals surface area contributed by atoms with Gasteiger partial charge in [-0.1, -0.05) is 12.1 Å². The Morgan fingerprint density at radius 1 is 1.00 bits per heavy atom. The lowest BCUT2D eigenvalue weighted by molar-refractivity contribution is -0.116. The highest BCUT2D eigenvalue weighted by Gasteiger charge is 2.29. The molecule has 1 aliphatic heterocycles. The molecule has 4 aromatic rings. The van der Waals surface area contributed by atoms with Gasteiger partial charge in [0.25, 0.3) is 5.91 Å². The molecule has 210 valence electrons. The smallest absolute Gasteiger partial charge is 0.337 e. The zero-order chi connectivity index (χ0) is 29.1. The van der Waals surface area contributed by atoms with Gasteiger partial charge >= 0.3 is 5.97 Å². The van der Waals surface area contributed by atoms with Crippen LogP contribution in [0.5, 0.6) is 0 Å². The molecule has 0 bridgehead atoms. The second-order valence-corrected chi connectivity index (χ2v) is 10.9. The van der Waals surface area contributed by atoms with Crippen LogP contribution in [0.1, 0.15) is 34.8 Å². The molecular formula is C31H31N5O4S. The average molecular weight is 570 g/mol. The summed E-state index contributed by atoms with van der Waals surface area (Å²) in [5.74, 6) is -0.778. The maximum absolute atomic E-state index is 13.4. The summed E-state index contributed by atoms with van der Waals surface area (Å²) in [6.07, 6.45) is 0.856. The molecule has 41 heavy (non-hydrogen) atoms. The maximum Gasteiger partial charge on any atom is 0.337 e. The average Bonchev–Trinajstić information content (AvgIpc) is 3.56. The highest BCUT2D eigenvalue weighted by molar-refractivity contribution is 7.16. The van der Waals surface area contributed by atoms with Gasteiger partial charge in [-0.3, -0.25) is 9.59 Å². The Morgan fingerprint density at radius 3 is 2.46 bits per heavy atom. The topological polar surface area (TPSA) is 104 Å². The van der Waals surface area contributed by atoms with Crippen LogP contribution < -0.4 is 15.5 Å². The summed E-state index contributed by atoms with van der Waals surface area (Å²) in [6.45, 7) is 3.08. The largest absolute Gasteiger partial charge is 0.465 e. The SMILES string of the molecule is COC(=O)c1ccc2c(c1)NC(=O)C2=C(Nc1ccc(N(CCCN(C)C)C(C)=O)cc1)c1ccc2ncsc2c1. The summed E-state index contributed by atoms with van der Waals surface area (Å²) in [4.78, 5) is 46.1. The number of methoxy groups -OCH3 is 1. The molecule has 0 radical (unpaired) electrons. The second-order valence-electron chi connectivity index (χ2n) is 9.99. The fraction of sp³-hybridized carbons (Fsp3) is 0.226. The van der Waals surface area contributed by atoms with Crippen molar-refractivity contribution in [1.29, 1.82) is 0 Å². The molecule has 9 nitrogen and oxygen atoms in total. The van der Waals surface area contributed by atoms with Gasteiger partial charge in [0.15, 0.2) is 0 Å². The van der Waals surface area contributed by atoms with Crippen molar-refractivity contribution >= 4 is 67.7 Å². The number of fused-ring (bicyclic) bond motifs is 2. The van der Waals surface area contributed by atoms with Gasteiger partial charge in [0.1, 0.15) is 0 Å². The van der Waals surface area contributed by atoms with E-state index in [0.29, 0.717) is 34.6 Å². The minimum atomic E-state index is -0.477. The van der Waals surface area contributed by atoms with Crippen LogP contribution >= 0.6 is 11.3 Å². The first-order valence-corrected chi connectivity index (χ1v) is 14.0. The fourth-order valence-corrected chi connectivity index (χ4v) is 5.55. The number of carbonyl (C=O) groups is 3. The third-order valence-corrected chi connectivity index (χ3v) is 7.66. The summed E-state index contributed by atoms with van der Waals surface area (Å²) < 4.78 is 5.84. The van der Waals surface area contributed by atoms with E-state index < -0.39 is 5.97 Å². The molecule has 0 saturated carbocycles. The standard InChI is InChI=1S/C31H31N5O4S/c1-19(37)36(15-5-14-35(2)3)23-10-8-22(9-11-23)33-29(20-7-13-25-27(17-20)41-18-32-25)28-24-12-6-21(31(39)40-4)16-26(24)34-30(28)38/h6-13,16-18,33H,5,14-15H2,1-4H3,(H,34,38). The van der Waals surface area contributed by atoms with Crippen molar-refractivity contribution in [1.82, 2.24) is 9.88 Å². The first-order valence-electron chi connectivity index (χ1n) is 13.2. The zero-order valence-corrected chi connectivity index (χ0v) is 24.2. The monoisotopic (exact) mass is 569 g/mol. The van der Waals surface area contributed by atoms with E-state index in [1.54, 1.807) is 35.5 Å². The van der Waals surface area contributed by atoms with Crippen LogP contribution in [0.3, 0.4) is 0 Å². The molecule has 0 unspecified atom stereocenters. The van der Waals surface area contributed by atoms with Crippen LogP contribution in [0.4, 0.5) is 17.1 Å². The van der Waals surface area contributed by atoms with Crippen molar-refractivity contribution in [3.05, 3.63) is 82.9 Å². The number of thiazole rings is 1. The number of nitrogens with zero attached hydrogens (tertiary/aromatic N) is 3. The molecule has 0 fully saturated rings. The van der Waals surface area contributed by atoms with E-state index in [1.165, 1.54) is 18.4 Å². The quantitative estimate of drug-likeness (QED) is 0.208. The van der Waals surface area contributed by atoms with Gasteiger partial charge in [0.2, 0.25) is 5.91 Å². The van der Waals surface area contributed by atoms with Crippen molar-refractivity contribution in [3.8, 4) is 0 Å². The van der Waals surface area contributed by atoms with Crippen molar-refractivity contribution < 1.29 is 19.1 Å². The summed E-state index contributed by atoms with van der Waals surface area (Å²) >= 11 is 1.52. The lowest BCUT2D eigenvalue weighted by atomic mass is 9.99. The van der Waals surface area contributed by atoms with Gasteiger partial charge in [0.05, 0.1) is 45.4 Å². The first-order chi connectivity index (χ1) is 19.7. The van der Waals surface area contributed by atoms with E-state index in [1.807, 2.05) is 56.6 Å². The van der Waals surface area contributed by atoms with E-state index in [2.05, 4.69) is 20.5 Å². The minimum absolute atomic E-state index is 0.0179. The number of hydrogen-bond donors (Lipinski definition) is 2. The zero-order valence-electron chi connectivity index (χ0n) is 23.4. The van der Waals surface area contributed by atoms with Crippen LogP contribution in [-0.2, 0) is 14.3 Å². The van der Waals surface area contributed by atoms with Crippen LogP contribution in [-0.4, -0.2) is 62.0 Å². The molecule has 1 aliphatic rings. The summed E-state index contributed by atoms with van der Waals surface area (Å²) in [5.41, 5.74) is 7.68. The minimum Gasteiger partial charge on any atom is -0.465 e. The van der Waals surface area contributed by atoms with Gasteiger partial charge in [-0.05, 0) is 75.6 Å². The number of nitrogens with one attached hydrogen (secondary N) is 2. The maximum atomic E-state index is 13.4. The van der Waals surface area contributed by atoms with Crippen LogP contribution in [0.25, 0.3) is 21.5 Å². The Kier molecular flexibility index (Phi) is 8.14. The van der Waals surface area contributed by atoms with E-state index >= 15 is 0 Å². The Hall–Kier alpha value is -4.54. The molecule has 2 heterocycles. The van der Waals surface area contributed by atoms with Crippen LogP contribution in [0.15, 0.2) is 66.2 Å². The Bertz CT molecular complexity index is 1660. The van der Waals surface area contributed by atoms with Crippen LogP contribution in [0, 0.1) is 0 Å². The first kappa shape index (κ1) is 28.0. The Morgan fingerprint density at radius 2 is 1.76 bits per heavy atom. The van der Waals surface area contributed by atoms with Crippen molar-refractivity contribution in [2.24, 2.45) is 0 Å². The van der Waals surface area contributed by atoms with Gasteiger partial charge in [-0.15, -0.1) is 11.3 Å². The number of aromatic nitrogens is 1. The normalized spacial score (nSPS) is 13.6. The molecule has 1 aromatic heterocycles. The van der Waals surface area contributed by atoms with Crippen molar-refractivity contribution in [3.63, 3.8) is 0 Å². The number of benzene rings is 3. The van der Waals surface area contributed by atoms with Crippen molar-refractivity contribution in [2.75, 3.05) is 49.8 Å². The number of esters is 1. The van der Waals surface area contributed by atoms with Gasteiger partial charge in [-0.25, -0.2) is 9.78 Å². The second kappa shape index (κ2) is 11.9. The lowest BCUT2D eigenvalue weighted by Gasteiger charge is -2.23. The molecule has 5 rings (SSSR count). The van der Waals surface area contributed by atoms with E-state index in [0.717, 1.165) is 40.1 Å². The van der Waals surface area contributed by atoms with Gasteiger partial charge < -0.3 is 25.2 Å². The van der Waals surface area contributed by atoms with E-state index in [-0.39, 0.29) is 11.8 Å². The predicted octanol–water partition coefficient (Wildman–Crippen LogP) is 5.32. The van der Waals surface area contributed by atoms with Gasteiger partial charge in [-0.2, -0.15) is 0 Å². The number of ether oxygens (including phenoxy) is 1. The number of rotatable bonds is 9. The number of carbonyl (C=O) groups excluding carboxylic acids is 3. The lowest BCUT2D eigenvalue weighted by Crippen LogP contribution is -2.31. The molecule has 2 N–H and O–H groups in total. The Labute approximate surface area is 242 Å². The molecule has 0 saturated heterocycles. The summed E-state index contributed by atoms with van der Waals surface area (Å²) in [7, 11) is 5.35. The third kappa shape index (κ3) is 5.98. The highest BCUT2D eigenvalue weighted by atomic mass is 32.1. The number of amides is 2. The van der Waals surface area contributed by atoms with Gasteiger partial charge in [0, 0.05) is 36.0 Å². The van der Waals surface area contributed by atoms with E-state index in [4.69, 9.17) is 4.74 Å². The summed E-state index contributed by atoms with van der Waals surface area (Å²) in [6, 6.07) is 18.5. The molecular weight excluding hydrogens is 538 g/mol. The van der Waals surface area contributed by atoms with Crippen LogP contribution in [0.2, 0.25) is 0 Å². The predicted molar refractivity (Wildman–Crippen MR) is 164 cm³/mol. The number of anilines is 3. The molecule has 0 spiro atoms. The fourth-order valence-electron chi connectivity index (χ4n) is 4.84. The molecule has 0 aliphatic carbocycles. The molecule has 10 heteroatoms.